The lowest BCUT2D eigenvalue weighted by atomic mass is 9.82. The minimum Gasteiger partial charge on any atom is -0.457 e. The van der Waals surface area contributed by atoms with Crippen LogP contribution in [0.2, 0.25) is 0 Å². The molecule has 0 radical (unpaired) electrons. The summed E-state index contributed by atoms with van der Waals surface area (Å²) in [5.41, 5.74) is 4.23. The smallest absolute Gasteiger partial charge is 0.334 e. The zero-order valence-corrected chi connectivity index (χ0v) is 10.8. The Balaban J connectivity index is 2.09. The third kappa shape index (κ3) is 1.43. The Morgan fingerprint density at radius 3 is 2.89 bits per heavy atom. The molecule has 0 saturated carbocycles. The average molecular weight is 246 g/mol. The van der Waals surface area contributed by atoms with E-state index in [0.29, 0.717) is 12.0 Å². The lowest BCUT2D eigenvalue weighted by molar-refractivity contribution is -0.140. The highest BCUT2D eigenvalue weighted by Gasteiger charge is 2.50. The summed E-state index contributed by atoms with van der Waals surface area (Å²) < 4.78 is 5.49. The fraction of sp³-hybridized carbons (Fsp3) is 0.533. The minimum absolute atomic E-state index is 0.148. The van der Waals surface area contributed by atoms with Crippen molar-refractivity contribution < 1.29 is 14.6 Å². The molecule has 0 aromatic heterocycles. The number of hydrogen-bond acceptors (Lipinski definition) is 3. The molecule has 18 heavy (non-hydrogen) atoms. The number of allylic oxidation sites excluding steroid dienone is 1. The number of carbonyl (C=O) groups excluding carboxylic acids is 1. The van der Waals surface area contributed by atoms with Crippen molar-refractivity contribution in [3.8, 4) is 0 Å². The summed E-state index contributed by atoms with van der Waals surface area (Å²) in [6, 6.07) is 0. The first-order chi connectivity index (χ1) is 8.50. The number of ether oxygens (including phenoxy) is 1. The summed E-state index contributed by atoms with van der Waals surface area (Å²) in [7, 11) is 0. The SMILES string of the molecule is C=C1C(=O)O[C@@H]2[C@H]3C(C)=CCC3=C(C)C[C@H](O)[C@H]12. The van der Waals surface area contributed by atoms with Crippen molar-refractivity contribution in [2.24, 2.45) is 11.8 Å². The second-order valence-electron chi connectivity index (χ2n) is 5.63. The highest BCUT2D eigenvalue weighted by atomic mass is 16.6. The molecule has 3 rings (SSSR count). The summed E-state index contributed by atoms with van der Waals surface area (Å²) >= 11 is 0. The van der Waals surface area contributed by atoms with Crippen LogP contribution in [-0.4, -0.2) is 23.3 Å². The number of carbonyl (C=O) groups is 1. The van der Waals surface area contributed by atoms with Crippen molar-refractivity contribution >= 4 is 5.97 Å². The molecule has 1 heterocycles. The number of fused-ring (bicyclic) bond motifs is 3. The van der Waals surface area contributed by atoms with Crippen LogP contribution in [0.5, 0.6) is 0 Å². The Morgan fingerprint density at radius 1 is 1.44 bits per heavy atom. The molecule has 0 bridgehead atoms. The maximum absolute atomic E-state index is 11.7. The molecule has 1 fully saturated rings. The highest BCUT2D eigenvalue weighted by Crippen LogP contribution is 2.48. The molecule has 0 aromatic carbocycles. The lowest BCUT2D eigenvalue weighted by Gasteiger charge is -2.25. The molecule has 2 aliphatic carbocycles. The normalized spacial score (nSPS) is 39.2. The first-order valence-electron chi connectivity index (χ1n) is 6.43. The second kappa shape index (κ2) is 3.82. The van der Waals surface area contributed by atoms with Crippen LogP contribution in [-0.2, 0) is 9.53 Å². The maximum atomic E-state index is 11.7. The number of esters is 1. The number of aliphatic hydroxyl groups is 1. The van der Waals surface area contributed by atoms with Gasteiger partial charge in [-0.3, -0.25) is 0 Å². The third-order valence-electron chi connectivity index (χ3n) is 4.58. The summed E-state index contributed by atoms with van der Waals surface area (Å²) in [4.78, 5) is 11.7. The molecule has 0 spiro atoms. The summed E-state index contributed by atoms with van der Waals surface area (Å²) in [6.45, 7) is 7.95. The van der Waals surface area contributed by atoms with Gasteiger partial charge in [-0.1, -0.05) is 29.4 Å². The molecule has 0 aromatic rings. The zero-order chi connectivity index (χ0) is 13.0. The van der Waals surface area contributed by atoms with Gasteiger partial charge in [-0.15, -0.1) is 0 Å². The van der Waals surface area contributed by atoms with E-state index in [9.17, 15) is 9.90 Å². The van der Waals surface area contributed by atoms with Crippen LogP contribution in [0.1, 0.15) is 26.7 Å². The minimum atomic E-state index is -0.556. The van der Waals surface area contributed by atoms with Gasteiger partial charge in [-0.05, 0) is 26.7 Å². The van der Waals surface area contributed by atoms with Crippen molar-refractivity contribution in [1.29, 1.82) is 0 Å². The van der Waals surface area contributed by atoms with Crippen LogP contribution in [0.3, 0.4) is 0 Å². The predicted molar refractivity (Wildman–Crippen MR) is 67.7 cm³/mol. The van der Waals surface area contributed by atoms with Crippen LogP contribution >= 0.6 is 0 Å². The molecule has 96 valence electrons. The van der Waals surface area contributed by atoms with Crippen LogP contribution in [0, 0.1) is 11.8 Å². The number of aliphatic hydroxyl groups excluding tert-OH is 1. The Morgan fingerprint density at radius 2 is 2.17 bits per heavy atom. The molecular weight excluding hydrogens is 228 g/mol. The van der Waals surface area contributed by atoms with Crippen molar-refractivity contribution in [2.75, 3.05) is 0 Å². The maximum Gasteiger partial charge on any atom is 0.334 e. The first kappa shape index (κ1) is 11.7. The van der Waals surface area contributed by atoms with E-state index in [1.54, 1.807) is 0 Å². The van der Waals surface area contributed by atoms with Crippen LogP contribution in [0.25, 0.3) is 0 Å². The molecule has 3 aliphatic rings. The van der Waals surface area contributed by atoms with Crippen molar-refractivity contribution in [3.63, 3.8) is 0 Å². The molecule has 0 amide bonds. The van der Waals surface area contributed by atoms with E-state index in [0.717, 1.165) is 6.42 Å². The van der Waals surface area contributed by atoms with Crippen LogP contribution in [0.4, 0.5) is 0 Å². The van der Waals surface area contributed by atoms with Crippen molar-refractivity contribution in [1.82, 2.24) is 0 Å². The van der Waals surface area contributed by atoms with E-state index in [1.165, 1.54) is 16.7 Å². The average Bonchev–Trinajstić information content (AvgIpc) is 2.77. The standard InChI is InChI=1S/C15H18O3/c1-7-4-5-10-8(2)6-11(16)13-9(3)15(17)18-14(13)12(7)10/h4,11-14,16H,3,5-6H2,1-2H3/t11-,12-,13-,14+/m0/s1. The van der Waals surface area contributed by atoms with Crippen LogP contribution < -0.4 is 0 Å². The number of rotatable bonds is 0. The van der Waals surface area contributed by atoms with Gasteiger partial charge in [-0.2, -0.15) is 0 Å². The molecule has 3 nitrogen and oxygen atoms in total. The van der Waals surface area contributed by atoms with Gasteiger partial charge in [0.1, 0.15) is 6.10 Å². The topological polar surface area (TPSA) is 46.5 Å². The van der Waals surface area contributed by atoms with Gasteiger partial charge >= 0.3 is 5.97 Å². The second-order valence-corrected chi connectivity index (χ2v) is 5.63. The summed E-state index contributed by atoms with van der Waals surface area (Å²) in [6.07, 6.45) is 2.92. The van der Waals surface area contributed by atoms with Gasteiger partial charge in [0, 0.05) is 11.5 Å². The van der Waals surface area contributed by atoms with E-state index in [-0.39, 0.29) is 23.9 Å². The fourth-order valence-corrected chi connectivity index (χ4v) is 3.60. The van der Waals surface area contributed by atoms with Crippen molar-refractivity contribution in [2.45, 2.75) is 38.9 Å². The van der Waals surface area contributed by atoms with E-state index in [1.807, 2.05) is 0 Å². The van der Waals surface area contributed by atoms with Gasteiger partial charge < -0.3 is 9.84 Å². The largest absolute Gasteiger partial charge is 0.457 e. The quantitative estimate of drug-likeness (QED) is 0.404. The highest BCUT2D eigenvalue weighted by molar-refractivity contribution is 5.91. The summed E-state index contributed by atoms with van der Waals surface area (Å²) in [5.74, 6) is -0.450. The monoisotopic (exact) mass is 246 g/mol. The van der Waals surface area contributed by atoms with E-state index in [2.05, 4.69) is 26.5 Å². The Kier molecular flexibility index (Phi) is 2.49. The molecule has 1 saturated heterocycles. The third-order valence-corrected chi connectivity index (χ3v) is 4.58. The molecule has 1 N–H and O–H groups in total. The lowest BCUT2D eigenvalue weighted by Crippen LogP contribution is -2.32. The van der Waals surface area contributed by atoms with E-state index < -0.39 is 6.10 Å². The van der Waals surface area contributed by atoms with E-state index in [4.69, 9.17) is 4.74 Å². The molecule has 3 heteroatoms. The Labute approximate surface area is 107 Å². The first-order valence-corrected chi connectivity index (χ1v) is 6.43. The van der Waals surface area contributed by atoms with Gasteiger partial charge in [0.15, 0.2) is 0 Å². The van der Waals surface area contributed by atoms with Gasteiger partial charge in [-0.25, -0.2) is 4.79 Å². The fourth-order valence-electron chi connectivity index (χ4n) is 3.60. The van der Waals surface area contributed by atoms with Crippen LogP contribution in [0.15, 0.2) is 34.9 Å². The zero-order valence-electron chi connectivity index (χ0n) is 10.8. The molecule has 4 atom stereocenters. The molecular formula is C15H18O3. The predicted octanol–water partition coefficient (Wildman–Crippen LogP) is 2.13. The van der Waals surface area contributed by atoms with Gasteiger partial charge in [0.25, 0.3) is 0 Å². The Hall–Kier alpha value is -1.35. The summed E-state index contributed by atoms with van der Waals surface area (Å²) in [5, 5.41) is 10.3. The van der Waals surface area contributed by atoms with Gasteiger partial charge in [0.05, 0.1) is 12.0 Å². The molecule has 0 unspecified atom stereocenters. The van der Waals surface area contributed by atoms with E-state index >= 15 is 0 Å². The Bertz CT molecular complexity index is 498. The van der Waals surface area contributed by atoms with Gasteiger partial charge in [0.2, 0.25) is 0 Å². The van der Waals surface area contributed by atoms with Crippen molar-refractivity contribution in [3.05, 3.63) is 34.9 Å². The molecule has 1 aliphatic heterocycles. The number of hydrogen-bond donors (Lipinski definition) is 1.